The van der Waals surface area contributed by atoms with E-state index in [0.29, 0.717) is 0 Å². The van der Waals surface area contributed by atoms with Crippen molar-refractivity contribution >= 4 is 10.1 Å². The van der Waals surface area contributed by atoms with E-state index in [1.165, 1.54) is 0 Å². The number of unbranched alkanes of at least 4 members (excludes halogenated alkanes) is 2. The molecule has 0 saturated heterocycles. The van der Waals surface area contributed by atoms with Crippen molar-refractivity contribution < 1.29 is 83.8 Å². The Balaban J connectivity index is 0.00000187. The highest BCUT2D eigenvalue weighted by Gasteiger charge is 2.90. The number of aromatic nitrogens is 1. The molecule has 37 heavy (non-hydrogen) atoms. The molecule has 1 N–H and O–H groups in total. The maximum atomic E-state index is 13.4. The molecular formula is C17H16F15NO3S. The van der Waals surface area contributed by atoms with Gasteiger partial charge in [0.1, 0.15) is 0 Å². The second-order valence-electron chi connectivity index (χ2n) is 7.23. The third-order valence-electron chi connectivity index (χ3n) is 4.38. The highest BCUT2D eigenvalue weighted by Crippen LogP contribution is 2.61. The van der Waals surface area contributed by atoms with Crippen molar-refractivity contribution in [1.29, 1.82) is 0 Å². The normalized spacial score (nSPS) is 14.7. The minimum Gasteiger partial charge on any atom is -0.743 e. The van der Waals surface area contributed by atoms with Crippen molar-refractivity contribution in [3.63, 3.8) is 0 Å². The Kier molecular flexibility index (Phi) is 10.8. The van der Waals surface area contributed by atoms with Crippen LogP contribution in [0, 0.1) is 0 Å². The first kappa shape index (κ1) is 35.0. The first-order valence-corrected chi connectivity index (χ1v) is 10.8. The monoisotopic (exact) mass is 599 g/mol. The van der Waals surface area contributed by atoms with E-state index < -0.39 is 83.3 Å². The quantitative estimate of drug-likeness (QED) is 0.170. The molecule has 0 aliphatic rings. The van der Waals surface area contributed by atoms with Crippen molar-refractivity contribution in [3.05, 3.63) is 30.6 Å². The number of halogens is 15. The molecule has 0 unspecified atom stereocenters. The maximum Gasteiger partial charge on any atom is 0.402 e. The Bertz CT molecular complexity index is 924. The number of H-pyrrole nitrogens is 1. The molecule has 0 radical (unpaired) electrons. The average molecular weight is 599 g/mol. The lowest BCUT2D eigenvalue weighted by molar-refractivity contribution is -0.417. The van der Waals surface area contributed by atoms with E-state index in [2.05, 4.69) is 4.98 Å². The number of hydrogen-bond donors (Lipinski definition) is 0. The van der Waals surface area contributed by atoms with Gasteiger partial charge in [-0.2, -0.15) is 65.9 Å². The molecule has 1 aromatic rings. The molecule has 20 heteroatoms. The fraction of sp³-hybridized carbons (Fsp3) is 0.706. The highest BCUT2D eigenvalue weighted by atomic mass is 32.2. The Morgan fingerprint density at radius 1 is 0.568 bits per heavy atom. The van der Waals surface area contributed by atoms with E-state index >= 15 is 0 Å². The number of rotatable bonds is 11. The molecular weight excluding hydrogens is 583 g/mol. The smallest absolute Gasteiger partial charge is 0.402 e. The van der Waals surface area contributed by atoms with Crippen molar-refractivity contribution in [3.8, 4) is 0 Å². The van der Waals surface area contributed by atoms with E-state index in [4.69, 9.17) is 0 Å². The molecule has 0 amide bonds. The van der Waals surface area contributed by atoms with Crippen LogP contribution >= 0.6 is 0 Å². The zero-order valence-corrected chi connectivity index (χ0v) is 18.5. The lowest BCUT2D eigenvalue weighted by Crippen LogP contribution is -2.71. The summed E-state index contributed by atoms with van der Waals surface area (Å²) in [5.41, 5.74) is 0. The summed E-state index contributed by atoms with van der Waals surface area (Å²) in [6.07, 6.45) is -8.69. The molecule has 0 fully saturated rings. The summed E-state index contributed by atoms with van der Waals surface area (Å²) in [4.78, 5) is 2.89. The number of nitrogens with one attached hydrogen (secondary N) is 1. The zero-order valence-electron chi connectivity index (χ0n) is 17.7. The zero-order chi connectivity index (χ0) is 29.8. The van der Waals surface area contributed by atoms with Crippen LogP contribution in [0.25, 0.3) is 0 Å². The molecule has 4 nitrogen and oxygen atoms in total. The van der Waals surface area contributed by atoms with E-state index in [1.54, 1.807) is 0 Å². The summed E-state index contributed by atoms with van der Waals surface area (Å²) < 4.78 is 224. The lowest BCUT2D eigenvalue weighted by atomic mass is 9.91. The summed E-state index contributed by atoms with van der Waals surface area (Å²) in [7, 11) is -7.89. The fourth-order valence-electron chi connectivity index (χ4n) is 2.31. The van der Waals surface area contributed by atoms with Gasteiger partial charge in [0.05, 0.1) is 0 Å². The largest absolute Gasteiger partial charge is 0.743 e. The molecule has 0 spiro atoms. The first-order valence-electron chi connectivity index (χ1n) is 9.41. The van der Waals surface area contributed by atoms with Crippen LogP contribution in [0.5, 0.6) is 0 Å². The van der Waals surface area contributed by atoms with Crippen molar-refractivity contribution in [2.24, 2.45) is 0 Å². The van der Waals surface area contributed by atoms with Gasteiger partial charge in [-0.05, 0) is 12.8 Å². The molecule has 0 aliphatic carbocycles. The van der Waals surface area contributed by atoms with E-state index in [0.717, 1.165) is 0 Å². The van der Waals surface area contributed by atoms with Crippen LogP contribution in [0.3, 0.4) is 0 Å². The third-order valence-corrected chi connectivity index (χ3v) is 5.26. The Labute approximate surface area is 198 Å². The van der Waals surface area contributed by atoms with Crippen molar-refractivity contribution in [2.75, 3.05) is 0 Å². The minimum atomic E-state index is -8.22. The number of pyridine rings is 1. The van der Waals surface area contributed by atoms with Gasteiger partial charge in [0.2, 0.25) is 0 Å². The SMILES string of the molecule is O=S(=O)([O-])C(F)(F)C(F)(F)C(F)(F)C(F)(F)C(F)(F)C(F)(F)CCCCCC(F)(F)F.c1cc[nH+]cc1. The van der Waals surface area contributed by atoms with Crippen LogP contribution in [0.15, 0.2) is 30.6 Å². The number of aromatic amines is 1. The van der Waals surface area contributed by atoms with E-state index in [9.17, 15) is 78.8 Å². The topological polar surface area (TPSA) is 71.3 Å². The van der Waals surface area contributed by atoms with Crippen LogP contribution in [0.1, 0.15) is 32.1 Å². The van der Waals surface area contributed by atoms with E-state index in [-0.39, 0.29) is 0 Å². The number of alkyl halides is 15. The van der Waals surface area contributed by atoms with Gasteiger partial charge in [-0.1, -0.05) is 12.5 Å². The summed E-state index contributed by atoms with van der Waals surface area (Å²) in [6.45, 7) is 0. The Hall–Kier alpha value is -1.99. The van der Waals surface area contributed by atoms with Crippen LogP contribution in [-0.4, -0.2) is 54.0 Å². The molecule has 1 aromatic heterocycles. The predicted molar refractivity (Wildman–Crippen MR) is 91.5 cm³/mol. The minimum absolute atomic E-state index is 0.990. The molecule has 0 saturated carbocycles. The Morgan fingerprint density at radius 3 is 1.30 bits per heavy atom. The van der Waals surface area contributed by atoms with Gasteiger partial charge in [-0.25, -0.2) is 13.4 Å². The molecule has 0 atom stereocenters. The van der Waals surface area contributed by atoms with Crippen molar-refractivity contribution in [1.82, 2.24) is 0 Å². The fourth-order valence-corrected chi connectivity index (χ4v) is 2.75. The summed E-state index contributed by atoms with van der Waals surface area (Å²) in [6, 6.07) is 5.86. The van der Waals surface area contributed by atoms with Crippen LogP contribution in [0.4, 0.5) is 65.9 Å². The molecule has 0 bridgehead atoms. The standard InChI is InChI=1S/C12H11F15O3S.C5H5N/c13-6(14,4-2-1-3-5-7(15,16)17)8(18,19)9(20,21)10(22,23)11(24,25)12(26,27)31(28,29)30;1-2-4-6-5-3-1/h1-5H2,(H,28,29,30);1-5H. The third kappa shape index (κ3) is 7.53. The van der Waals surface area contributed by atoms with Gasteiger partial charge < -0.3 is 4.55 Å². The summed E-state index contributed by atoms with van der Waals surface area (Å²) in [5.74, 6) is -38.3. The molecule has 218 valence electrons. The maximum absolute atomic E-state index is 13.4. The van der Waals surface area contributed by atoms with Gasteiger partial charge in [0.15, 0.2) is 22.5 Å². The molecule has 1 rings (SSSR count). The molecule has 0 aliphatic heterocycles. The first-order chi connectivity index (χ1) is 16.2. The highest BCUT2D eigenvalue weighted by molar-refractivity contribution is 7.86. The van der Waals surface area contributed by atoms with Crippen LogP contribution in [-0.2, 0) is 10.1 Å². The van der Waals surface area contributed by atoms with Crippen LogP contribution < -0.4 is 4.98 Å². The van der Waals surface area contributed by atoms with Gasteiger partial charge in [-0.3, -0.25) is 0 Å². The van der Waals surface area contributed by atoms with E-state index in [1.807, 2.05) is 30.6 Å². The molecule has 0 aromatic carbocycles. The average Bonchev–Trinajstić information content (AvgIpc) is 2.72. The second kappa shape index (κ2) is 11.4. The lowest BCUT2D eigenvalue weighted by Gasteiger charge is -2.41. The van der Waals surface area contributed by atoms with Gasteiger partial charge in [-0.15, -0.1) is 0 Å². The summed E-state index contributed by atoms with van der Waals surface area (Å²) in [5, 5.41) is -7.63. The van der Waals surface area contributed by atoms with Crippen molar-refractivity contribution in [2.45, 2.75) is 73.1 Å². The van der Waals surface area contributed by atoms with Crippen LogP contribution in [0.2, 0.25) is 0 Å². The summed E-state index contributed by atoms with van der Waals surface area (Å²) >= 11 is 0. The van der Waals surface area contributed by atoms with Gasteiger partial charge >= 0.3 is 41.0 Å². The molecule has 1 heterocycles. The van der Waals surface area contributed by atoms with Gasteiger partial charge in [0, 0.05) is 25.0 Å². The number of hydrogen-bond acceptors (Lipinski definition) is 3. The predicted octanol–water partition coefficient (Wildman–Crippen LogP) is 6.31. The second-order valence-corrected chi connectivity index (χ2v) is 8.65. The van der Waals surface area contributed by atoms with Gasteiger partial charge in [0.25, 0.3) is 0 Å². The Morgan fingerprint density at radius 2 is 0.973 bits per heavy atom.